The van der Waals surface area contributed by atoms with Gasteiger partial charge in [-0.25, -0.2) is 4.57 Å². The van der Waals surface area contributed by atoms with Gasteiger partial charge < -0.3 is 12.4 Å². The lowest BCUT2D eigenvalue weighted by atomic mass is 10.1. The molecule has 0 aliphatic rings. The van der Waals surface area contributed by atoms with E-state index >= 15 is 0 Å². The molecular weight excluding hydrogens is 258 g/mol. The molecule has 1 aromatic carbocycles. The first-order valence-corrected chi connectivity index (χ1v) is 6.75. The predicted octanol–water partition coefficient (Wildman–Crippen LogP) is -0.278. The Hall–Kier alpha value is -1.35. The summed E-state index contributed by atoms with van der Waals surface area (Å²) < 4.78 is 4.18. The fraction of sp³-hybridized carbons (Fsp3) is 0.467. The molecule has 0 saturated carbocycles. The van der Waals surface area contributed by atoms with Gasteiger partial charge in [-0.15, -0.1) is 4.68 Å². The molecule has 0 N–H and O–H groups in total. The number of halogens is 1. The minimum atomic E-state index is 0. The fourth-order valence-electron chi connectivity index (χ4n) is 2.07. The lowest BCUT2D eigenvalue weighted by Crippen LogP contribution is -3.00. The molecule has 1 aromatic heterocycles. The first kappa shape index (κ1) is 15.7. The minimum Gasteiger partial charge on any atom is -1.00 e. The summed E-state index contributed by atoms with van der Waals surface area (Å²) >= 11 is 0. The van der Waals surface area contributed by atoms with Gasteiger partial charge in [-0.1, -0.05) is 44.0 Å². The van der Waals surface area contributed by atoms with E-state index in [1.54, 1.807) is 0 Å². The summed E-state index contributed by atoms with van der Waals surface area (Å²) in [5.74, 6) is 0. The Balaban J connectivity index is 0.00000180. The van der Waals surface area contributed by atoms with Crippen LogP contribution in [0.15, 0.2) is 36.9 Å². The van der Waals surface area contributed by atoms with Crippen molar-refractivity contribution >= 4 is 0 Å². The van der Waals surface area contributed by atoms with E-state index in [9.17, 15) is 0 Å². The highest BCUT2D eigenvalue weighted by Crippen LogP contribution is 2.05. The maximum absolute atomic E-state index is 4.39. The van der Waals surface area contributed by atoms with Crippen LogP contribution in [0.25, 0.3) is 0 Å². The standard InChI is InChI=1S/C15H22N3.ClH/c1-3-4-7-10-18-13-17(12-16-18)11-15-9-6-5-8-14(15)2;/h5-6,8-9,12-13H,3-4,7,10-11H2,1-2H3;1H/q+1;/p-1. The van der Waals surface area contributed by atoms with Crippen LogP contribution in [0.5, 0.6) is 0 Å². The Morgan fingerprint density at radius 1 is 1.21 bits per heavy atom. The number of aryl methyl sites for hydroxylation is 2. The van der Waals surface area contributed by atoms with Crippen LogP contribution in [-0.2, 0) is 13.1 Å². The molecular formula is C15H22ClN3. The average molecular weight is 280 g/mol. The van der Waals surface area contributed by atoms with Crippen LogP contribution < -0.4 is 17.0 Å². The van der Waals surface area contributed by atoms with E-state index in [2.05, 4.69) is 54.1 Å². The van der Waals surface area contributed by atoms with E-state index in [-0.39, 0.29) is 12.4 Å². The zero-order chi connectivity index (χ0) is 12.8. The van der Waals surface area contributed by atoms with Crippen LogP contribution in [0.4, 0.5) is 0 Å². The van der Waals surface area contributed by atoms with Gasteiger partial charge in [0.25, 0.3) is 6.33 Å². The van der Waals surface area contributed by atoms with Crippen molar-refractivity contribution in [3.05, 3.63) is 48.0 Å². The van der Waals surface area contributed by atoms with Crippen molar-refractivity contribution < 1.29 is 17.0 Å². The van der Waals surface area contributed by atoms with E-state index < -0.39 is 0 Å². The van der Waals surface area contributed by atoms with Crippen LogP contribution in [0, 0.1) is 6.92 Å². The van der Waals surface area contributed by atoms with E-state index in [0.29, 0.717) is 0 Å². The molecule has 0 unspecified atom stereocenters. The quantitative estimate of drug-likeness (QED) is 0.527. The molecule has 0 saturated heterocycles. The van der Waals surface area contributed by atoms with Gasteiger partial charge in [0.15, 0.2) is 0 Å². The average Bonchev–Trinajstić information content (AvgIpc) is 2.80. The van der Waals surface area contributed by atoms with Crippen LogP contribution >= 0.6 is 0 Å². The normalized spacial score (nSPS) is 10.2. The van der Waals surface area contributed by atoms with Crippen molar-refractivity contribution in [2.24, 2.45) is 0 Å². The Kier molecular flexibility index (Phi) is 6.57. The summed E-state index contributed by atoms with van der Waals surface area (Å²) in [7, 11) is 0. The topological polar surface area (TPSA) is 21.7 Å². The zero-order valence-corrected chi connectivity index (χ0v) is 12.5. The fourth-order valence-corrected chi connectivity index (χ4v) is 2.07. The van der Waals surface area contributed by atoms with Gasteiger partial charge in [0, 0.05) is 5.10 Å². The lowest BCUT2D eigenvalue weighted by Gasteiger charge is -2.01. The van der Waals surface area contributed by atoms with E-state index in [1.165, 1.54) is 30.4 Å². The number of nitrogens with zero attached hydrogens (tertiary/aromatic N) is 3. The molecule has 0 fully saturated rings. The predicted molar refractivity (Wildman–Crippen MR) is 72.2 cm³/mol. The third kappa shape index (κ3) is 4.67. The molecule has 0 atom stereocenters. The SMILES string of the molecule is CCCCCn1c[n+](Cc2ccccc2C)cn1.[Cl-]. The maximum Gasteiger partial charge on any atom is 0.265 e. The van der Waals surface area contributed by atoms with Crippen molar-refractivity contribution in [3.63, 3.8) is 0 Å². The van der Waals surface area contributed by atoms with Gasteiger partial charge in [-0.05, 0) is 24.5 Å². The molecule has 0 spiro atoms. The van der Waals surface area contributed by atoms with Crippen molar-refractivity contribution in [2.45, 2.75) is 46.2 Å². The van der Waals surface area contributed by atoms with Crippen LogP contribution in [0.1, 0.15) is 37.3 Å². The van der Waals surface area contributed by atoms with Gasteiger partial charge in [-0.3, -0.25) is 0 Å². The number of unbranched alkanes of at least 4 members (excludes halogenated alkanes) is 2. The summed E-state index contributed by atoms with van der Waals surface area (Å²) in [6.07, 6.45) is 7.76. The van der Waals surface area contributed by atoms with Crippen molar-refractivity contribution in [2.75, 3.05) is 0 Å². The molecule has 0 aliphatic heterocycles. The van der Waals surface area contributed by atoms with Crippen LogP contribution in [-0.4, -0.2) is 9.78 Å². The summed E-state index contributed by atoms with van der Waals surface area (Å²) in [6.45, 7) is 6.30. The second kappa shape index (κ2) is 7.95. The maximum atomic E-state index is 4.39. The molecule has 0 bridgehead atoms. The molecule has 0 amide bonds. The number of rotatable bonds is 6. The Morgan fingerprint density at radius 2 is 2.00 bits per heavy atom. The monoisotopic (exact) mass is 279 g/mol. The number of hydrogen-bond acceptors (Lipinski definition) is 1. The Morgan fingerprint density at radius 3 is 2.74 bits per heavy atom. The summed E-state index contributed by atoms with van der Waals surface area (Å²) in [5, 5.41) is 4.39. The molecule has 104 valence electrons. The van der Waals surface area contributed by atoms with E-state index in [1.807, 2.05) is 11.0 Å². The molecule has 2 aromatic rings. The third-order valence-electron chi connectivity index (χ3n) is 3.23. The molecule has 4 heteroatoms. The highest BCUT2D eigenvalue weighted by molar-refractivity contribution is 5.24. The zero-order valence-electron chi connectivity index (χ0n) is 11.7. The number of hydrogen-bond donors (Lipinski definition) is 0. The van der Waals surface area contributed by atoms with Gasteiger partial charge in [0.05, 0.1) is 6.54 Å². The van der Waals surface area contributed by atoms with Crippen LogP contribution in [0.2, 0.25) is 0 Å². The largest absolute Gasteiger partial charge is 1.00 e. The number of benzene rings is 1. The summed E-state index contributed by atoms with van der Waals surface area (Å²) in [6, 6.07) is 8.50. The molecule has 0 aliphatic carbocycles. The third-order valence-corrected chi connectivity index (χ3v) is 3.23. The molecule has 19 heavy (non-hydrogen) atoms. The van der Waals surface area contributed by atoms with Gasteiger partial charge in [0.1, 0.15) is 6.54 Å². The molecule has 3 nitrogen and oxygen atoms in total. The second-order valence-electron chi connectivity index (χ2n) is 4.82. The first-order chi connectivity index (χ1) is 8.79. The van der Waals surface area contributed by atoms with Crippen molar-refractivity contribution in [1.82, 2.24) is 9.78 Å². The number of aromatic nitrogens is 3. The summed E-state index contributed by atoms with van der Waals surface area (Å²) in [4.78, 5) is 0. The molecule has 2 rings (SSSR count). The minimum absolute atomic E-state index is 0. The van der Waals surface area contributed by atoms with Gasteiger partial charge in [0.2, 0.25) is 6.33 Å². The first-order valence-electron chi connectivity index (χ1n) is 6.75. The Bertz CT molecular complexity index is 494. The second-order valence-corrected chi connectivity index (χ2v) is 4.82. The van der Waals surface area contributed by atoms with Gasteiger partial charge in [-0.2, -0.15) is 0 Å². The molecule has 1 heterocycles. The van der Waals surface area contributed by atoms with E-state index in [4.69, 9.17) is 0 Å². The van der Waals surface area contributed by atoms with E-state index in [0.717, 1.165) is 13.1 Å². The Labute approximate surface area is 121 Å². The molecule has 0 radical (unpaired) electrons. The highest BCUT2D eigenvalue weighted by Gasteiger charge is 2.07. The highest BCUT2D eigenvalue weighted by atomic mass is 35.5. The van der Waals surface area contributed by atoms with Crippen molar-refractivity contribution in [3.8, 4) is 0 Å². The lowest BCUT2D eigenvalue weighted by molar-refractivity contribution is -0.689. The summed E-state index contributed by atoms with van der Waals surface area (Å²) in [5.41, 5.74) is 2.69. The van der Waals surface area contributed by atoms with Gasteiger partial charge >= 0.3 is 0 Å². The smallest absolute Gasteiger partial charge is 0.265 e. The van der Waals surface area contributed by atoms with Crippen molar-refractivity contribution in [1.29, 1.82) is 0 Å². The van der Waals surface area contributed by atoms with Crippen LogP contribution in [0.3, 0.4) is 0 Å².